The molecule has 1 aromatic rings. The number of nitrogens with zero attached hydrogens (tertiary/aromatic N) is 1. The zero-order valence-corrected chi connectivity index (χ0v) is 8.79. The van der Waals surface area contributed by atoms with Gasteiger partial charge in [-0.2, -0.15) is 0 Å². The largest absolute Gasteiger partial charge is 0.394 e. The van der Waals surface area contributed by atoms with Crippen LogP contribution in [-0.4, -0.2) is 21.5 Å². The molecule has 14 heavy (non-hydrogen) atoms. The maximum Gasteiger partial charge on any atom is 0.290 e. The molecule has 5 heteroatoms. The zero-order chi connectivity index (χ0) is 10.9. The Labute approximate surface area is 82.5 Å². The van der Waals surface area contributed by atoms with Crippen molar-refractivity contribution in [1.29, 1.82) is 0 Å². The van der Waals surface area contributed by atoms with Crippen LogP contribution in [0.1, 0.15) is 26.5 Å². The van der Waals surface area contributed by atoms with E-state index in [4.69, 9.17) is 10.8 Å². The monoisotopic (exact) mass is 199 g/mol. The number of hydrogen-bond donors (Lipinski definition) is 3. The van der Waals surface area contributed by atoms with Gasteiger partial charge in [-0.15, -0.1) is 0 Å². The Morgan fingerprint density at radius 3 is 2.43 bits per heavy atom. The topological polar surface area (TPSA) is 84.0 Å². The molecule has 0 aliphatic carbocycles. The lowest BCUT2D eigenvalue weighted by atomic mass is 9.91. The van der Waals surface area contributed by atoms with Gasteiger partial charge in [0.1, 0.15) is 5.69 Å². The Hall–Kier alpha value is -1.23. The number of anilines is 1. The molecule has 5 nitrogen and oxygen atoms in total. The van der Waals surface area contributed by atoms with Crippen molar-refractivity contribution in [2.45, 2.75) is 32.7 Å². The number of aromatic amines is 1. The molecule has 0 spiro atoms. The summed E-state index contributed by atoms with van der Waals surface area (Å²) in [5.74, 6) is 0. The van der Waals surface area contributed by atoms with E-state index >= 15 is 0 Å². The van der Waals surface area contributed by atoms with Crippen LogP contribution in [-0.2, 0) is 12.0 Å². The van der Waals surface area contributed by atoms with E-state index in [1.165, 1.54) is 4.68 Å². The summed E-state index contributed by atoms with van der Waals surface area (Å²) < 4.78 is 1.33. The second kappa shape index (κ2) is 3.49. The summed E-state index contributed by atoms with van der Waals surface area (Å²) in [6.45, 7) is 6.08. The van der Waals surface area contributed by atoms with Gasteiger partial charge in [-0.3, -0.25) is 9.89 Å². The van der Waals surface area contributed by atoms with E-state index < -0.39 is 0 Å². The SMILES string of the molecule is CC(C)(C)c1[nH]n(CCO)c(=O)c1N. The van der Waals surface area contributed by atoms with Crippen LogP contribution in [0.5, 0.6) is 0 Å². The lowest BCUT2D eigenvalue weighted by Crippen LogP contribution is -2.20. The Balaban J connectivity index is 3.22. The van der Waals surface area contributed by atoms with Gasteiger partial charge in [-0.1, -0.05) is 20.8 Å². The number of aromatic nitrogens is 2. The summed E-state index contributed by atoms with van der Waals surface area (Å²) in [6, 6.07) is 0. The molecule has 0 fully saturated rings. The van der Waals surface area contributed by atoms with Crippen molar-refractivity contribution in [3.63, 3.8) is 0 Å². The fraction of sp³-hybridized carbons (Fsp3) is 0.667. The third-order valence-corrected chi connectivity index (χ3v) is 2.07. The molecule has 0 aliphatic heterocycles. The number of aliphatic hydroxyl groups excluding tert-OH is 1. The molecule has 1 rings (SSSR count). The lowest BCUT2D eigenvalue weighted by molar-refractivity contribution is 0.266. The molecular weight excluding hydrogens is 182 g/mol. The predicted octanol–water partition coefficient (Wildman–Crippen LogP) is 0.0484. The number of H-pyrrole nitrogens is 1. The summed E-state index contributed by atoms with van der Waals surface area (Å²) in [7, 11) is 0. The molecule has 0 unspecified atom stereocenters. The molecule has 0 bridgehead atoms. The first kappa shape index (κ1) is 10.8. The summed E-state index contributed by atoms with van der Waals surface area (Å²) >= 11 is 0. The molecule has 0 saturated heterocycles. The Morgan fingerprint density at radius 1 is 1.50 bits per heavy atom. The highest BCUT2D eigenvalue weighted by atomic mass is 16.3. The normalized spacial score (nSPS) is 12.0. The van der Waals surface area contributed by atoms with Crippen molar-refractivity contribution in [2.24, 2.45) is 0 Å². The van der Waals surface area contributed by atoms with Gasteiger partial charge in [0, 0.05) is 5.41 Å². The molecule has 0 saturated carbocycles. The minimum absolute atomic E-state index is 0.0799. The Kier molecular flexibility index (Phi) is 2.71. The van der Waals surface area contributed by atoms with Crippen molar-refractivity contribution in [2.75, 3.05) is 12.3 Å². The maximum absolute atomic E-state index is 11.5. The predicted molar refractivity (Wildman–Crippen MR) is 55.3 cm³/mol. The number of nitrogens with one attached hydrogen (secondary N) is 1. The molecule has 0 atom stereocenters. The molecule has 0 aromatic carbocycles. The van der Waals surface area contributed by atoms with E-state index in [0.29, 0.717) is 0 Å². The minimum atomic E-state index is -0.260. The van der Waals surface area contributed by atoms with Crippen LogP contribution < -0.4 is 11.3 Å². The first-order chi connectivity index (χ1) is 6.38. The van der Waals surface area contributed by atoms with E-state index in [0.717, 1.165) is 5.69 Å². The molecular formula is C9H17N3O2. The van der Waals surface area contributed by atoms with E-state index in [1.807, 2.05) is 20.8 Å². The second-order valence-corrected chi connectivity index (χ2v) is 4.33. The van der Waals surface area contributed by atoms with E-state index in [9.17, 15) is 4.79 Å². The van der Waals surface area contributed by atoms with Gasteiger partial charge < -0.3 is 10.8 Å². The fourth-order valence-corrected chi connectivity index (χ4v) is 1.33. The third kappa shape index (κ3) is 1.82. The van der Waals surface area contributed by atoms with Gasteiger partial charge in [0.25, 0.3) is 5.56 Å². The highest BCUT2D eigenvalue weighted by Gasteiger charge is 2.22. The van der Waals surface area contributed by atoms with Crippen LogP contribution in [0.3, 0.4) is 0 Å². The Bertz CT molecular complexity index is 370. The Morgan fingerprint density at radius 2 is 2.07 bits per heavy atom. The van der Waals surface area contributed by atoms with Gasteiger partial charge >= 0.3 is 0 Å². The van der Waals surface area contributed by atoms with Crippen LogP contribution in [0, 0.1) is 0 Å². The average Bonchev–Trinajstić information content (AvgIpc) is 2.32. The first-order valence-corrected chi connectivity index (χ1v) is 4.57. The second-order valence-electron chi connectivity index (χ2n) is 4.33. The van der Waals surface area contributed by atoms with Crippen molar-refractivity contribution < 1.29 is 5.11 Å². The molecule has 80 valence electrons. The van der Waals surface area contributed by atoms with Gasteiger partial charge in [0.15, 0.2) is 0 Å². The molecule has 4 N–H and O–H groups in total. The quantitative estimate of drug-likeness (QED) is 0.629. The standard InChI is InChI=1S/C9H17N3O2/c1-9(2,3)7-6(10)8(14)12(11-7)4-5-13/h11,13H,4-5,10H2,1-3H3. The average molecular weight is 199 g/mol. The van der Waals surface area contributed by atoms with Crippen molar-refractivity contribution in [3.05, 3.63) is 16.0 Å². The summed E-state index contributed by atoms with van der Waals surface area (Å²) in [6.07, 6.45) is 0. The van der Waals surface area contributed by atoms with Crippen LogP contribution in [0.15, 0.2) is 4.79 Å². The van der Waals surface area contributed by atoms with Crippen molar-refractivity contribution in [1.82, 2.24) is 9.78 Å². The van der Waals surface area contributed by atoms with Crippen LogP contribution in [0.25, 0.3) is 0 Å². The fourth-order valence-electron chi connectivity index (χ4n) is 1.33. The van der Waals surface area contributed by atoms with Gasteiger partial charge in [0.05, 0.1) is 18.8 Å². The number of rotatable bonds is 2. The van der Waals surface area contributed by atoms with Crippen molar-refractivity contribution >= 4 is 5.69 Å². The lowest BCUT2D eigenvalue weighted by Gasteiger charge is -2.16. The number of aliphatic hydroxyl groups is 1. The third-order valence-electron chi connectivity index (χ3n) is 2.07. The van der Waals surface area contributed by atoms with E-state index in [-0.39, 0.29) is 29.8 Å². The summed E-state index contributed by atoms with van der Waals surface area (Å²) in [5, 5.41) is 11.6. The van der Waals surface area contributed by atoms with Crippen molar-refractivity contribution in [3.8, 4) is 0 Å². The number of nitrogen functional groups attached to an aromatic ring is 1. The maximum atomic E-state index is 11.5. The summed E-state index contributed by atoms with van der Waals surface area (Å²) in [5.41, 5.74) is 6.18. The van der Waals surface area contributed by atoms with E-state index in [2.05, 4.69) is 5.10 Å². The summed E-state index contributed by atoms with van der Waals surface area (Å²) in [4.78, 5) is 11.5. The first-order valence-electron chi connectivity index (χ1n) is 4.57. The highest BCUT2D eigenvalue weighted by molar-refractivity contribution is 5.44. The minimum Gasteiger partial charge on any atom is -0.394 e. The van der Waals surface area contributed by atoms with Crippen LogP contribution in [0.4, 0.5) is 5.69 Å². The van der Waals surface area contributed by atoms with Gasteiger partial charge in [-0.05, 0) is 0 Å². The molecule has 0 amide bonds. The van der Waals surface area contributed by atoms with Crippen LogP contribution in [0.2, 0.25) is 0 Å². The highest BCUT2D eigenvalue weighted by Crippen LogP contribution is 2.23. The van der Waals surface area contributed by atoms with Gasteiger partial charge in [-0.25, -0.2) is 4.68 Å². The van der Waals surface area contributed by atoms with Crippen LogP contribution >= 0.6 is 0 Å². The zero-order valence-electron chi connectivity index (χ0n) is 8.79. The van der Waals surface area contributed by atoms with Gasteiger partial charge in [0.2, 0.25) is 0 Å². The number of nitrogens with two attached hydrogens (primary N) is 1. The molecule has 0 aliphatic rings. The molecule has 1 heterocycles. The molecule has 1 aromatic heterocycles. The number of hydrogen-bond acceptors (Lipinski definition) is 3. The smallest absolute Gasteiger partial charge is 0.290 e. The van der Waals surface area contributed by atoms with E-state index in [1.54, 1.807) is 0 Å². The molecule has 0 radical (unpaired) electrons.